The van der Waals surface area contributed by atoms with Gasteiger partial charge in [0.1, 0.15) is 18.4 Å². The second-order valence-electron chi connectivity index (χ2n) is 9.65. The molecule has 6 nitrogen and oxygen atoms in total. The van der Waals surface area contributed by atoms with Gasteiger partial charge in [-0.05, 0) is 35.6 Å². The molecule has 1 fully saturated rings. The average molecular weight is 520 g/mol. The number of aliphatic carboxylic acids is 1. The molecular weight excluding hydrogens is 490 g/mol. The van der Waals surface area contributed by atoms with Gasteiger partial charge >= 0.3 is 5.97 Å². The fraction of sp³-hybridized carbons (Fsp3) is 0.333. The number of carboxylic acid groups (broad SMARTS) is 1. The fourth-order valence-electron chi connectivity index (χ4n) is 5.22. The van der Waals surface area contributed by atoms with E-state index in [1.807, 2.05) is 66.7 Å². The van der Waals surface area contributed by atoms with E-state index in [4.69, 9.17) is 21.1 Å². The Balaban J connectivity index is 1.44. The molecule has 1 heterocycles. The van der Waals surface area contributed by atoms with Crippen LogP contribution in [0.2, 0.25) is 5.02 Å². The van der Waals surface area contributed by atoms with Crippen molar-refractivity contribution >= 4 is 23.5 Å². The van der Waals surface area contributed by atoms with Crippen LogP contribution in [0.25, 0.3) is 0 Å². The van der Waals surface area contributed by atoms with Gasteiger partial charge in [0.2, 0.25) is 0 Å². The van der Waals surface area contributed by atoms with Gasteiger partial charge in [-0.3, -0.25) is 4.79 Å². The van der Waals surface area contributed by atoms with Crippen LogP contribution in [0.5, 0.6) is 5.75 Å². The summed E-state index contributed by atoms with van der Waals surface area (Å²) >= 11 is 6.51. The molecule has 0 bridgehead atoms. The van der Waals surface area contributed by atoms with Crippen LogP contribution in [-0.4, -0.2) is 34.0 Å². The third-order valence-corrected chi connectivity index (χ3v) is 7.47. The van der Waals surface area contributed by atoms with E-state index in [0.717, 1.165) is 47.9 Å². The van der Waals surface area contributed by atoms with Crippen LogP contribution < -0.4 is 4.74 Å². The summed E-state index contributed by atoms with van der Waals surface area (Å²) in [5, 5.41) is 10.6. The first-order valence-corrected chi connectivity index (χ1v) is 13.1. The molecule has 0 saturated heterocycles. The Labute approximate surface area is 221 Å². The molecule has 0 aromatic heterocycles. The number of carbonyl (C=O) groups excluding carboxylic acids is 1. The number of carbonyl (C=O) groups is 2. The van der Waals surface area contributed by atoms with E-state index in [9.17, 15) is 14.7 Å². The highest BCUT2D eigenvalue weighted by atomic mass is 35.5. The summed E-state index contributed by atoms with van der Waals surface area (Å²) in [7, 11) is 0. The van der Waals surface area contributed by atoms with Gasteiger partial charge in [0, 0.05) is 18.5 Å². The summed E-state index contributed by atoms with van der Waals surface area (Å²) < 4.78 is 12.4. The Morgan fingerprint density at radius 2 is 1.65 bits per heavy atom. The van der Waals surface area contributed by atoms with Gasteiger partial charge in [-0.1, -0.05) is 91.2 Å². The summed E-state index contributed by atoms with van der Waals surface area (Å²) in [6.45, 7) is 0.448. The van der Waals surface area contributed by atoms with Crippen LogP contribution in [0.4, 0.5) is 0 Å². The molecule has 7 heteroatoms. The van der Waals surface area contributed by atoms with E-state index in [1.54, 1.807) is 6.07 Å². The molecule has 0 spiro atoms. The Morgan fingerprint density at radius 3 is 2.32 bits per heavy atom. The van der Waals surface area contributed by atoms with Gasteiger partial charge in [0.05, 0.1) is 11.1 Å². The lowest BCUT2D eigenvalue weighted by Gasteiger charge is -2.37. The van der Waals surface area contributed by atoms with Crippen LogP contribution >= 0.6 is 11.6 Å². The Morgan fingerprint density at radius 1 is 0.973 bits per heavy atom. The number of fused-ring (bicyclic) bond motifs is 1. The molecule has 1 unspecified atom stereocenters. The van der Waals surface area contributed by atoms with Crippen molar-refractivity contribution in [3.63, 3.8) is 0 Å². The molecular formula is C30H30ClNO5. The van der Waals surface area contributed by atoms with E-state index in [1.165, 1.54) is 4.90 Å². The number of rotatable bonds is 8. The topological polar surface area (TPSA) is 76.1 Å². The van der Waals surface area contributed by atoms with Gasteiger partial charge in [-0.2, -0.15) is 0 Å². The summed E-state index contributed by atoms with van der Waals surface area (Å²) in [6, 6.07) is 21.6. The van der Waals surface area contributed by atoms with Crippen molar-refractivity contribution in [3.8, 4) is 5.75 Å². The zero-order valence-corrected chi connectivity index (χ0v) is 21.3. The van der Waals surface area contributed by atoms with Crippen LogP contribution in [0.1, 0.15) is 54.0 Å². The molecule has 1 saturated carbocycles. The highest BCUT2D eigenvalue weighted by Crippen LogP contribution is 2.39. The van der Waals surface area contributed by atoms with Crippen molar-refractivity contribution in [1.29, 1.82) is 0 Å². The molecule has 1 aliphatic carbocycles. The first kappa shape index (κ1) is 25.3. The highest BCUT2D eigenvalue weighted by Gasteiger charge is 2.40. The molecule has 1 N–H and O–H groups in total. The molecule has 37 heavy (non-hydrogen) atoms. The lowest BCUT2D eigenvalue weighted by Crippen LogP contribution is -2.50. The van der Waals surface area contributed by atoms with E-state index >= 15 is 0 Å². The minimum absolute atomic E-state index is 0.00805. The first-order valence-electron chi connectivity index (χ1n) is 12.7. The highest BCUT2D eigenvalue weighted by molar-refractivity contribution is 6.32. The standard InChI is InChI=1S/C30H30ClNO5/c31-25-16-15-22-18-32(29(33)27(21-11-5-2-6-12-21)37-23-13-7-8-14-23)26(30(34)35)17-24(22)28(25)36-19-20-9-3-1-4-10-20/h1-6,9-12,15-16,23,26-27H,7-8,13-14,17-19H2,(H,34,35)/t26?,27-/m0/s1. The zero-order chi connectivity index (χ0) is 25.8. The maximum atomic E-state index is 14.0. The molecule has 0 radical (unpaired) electrons. The second kappa shape index (κ2) is 11.4. The first-order chi connectivity index (χ1) is 18.0. The average Bonchev–Trinajstić information content (AvgIpc) is 3.44. The quantitative estimate of drug-likeness (QED) is 0.397. The summed E-state index contributed by atoms with van der Waals surface area (Å²) in [4.78, 5) is 27.8. The normalized spacial score (nSPS) is 18.3. The van der Waals surface area contributed by atoms with Gasteiger partial charge in [-0.25, -0.2) is 4.79 Å². The number of hydrogen-bond acceptors (Lipinski definition) is 4. The van der Waals surface area contributed by atoms with Gasteiger partial charge in [-0.15, -0.1) is 0 Å². The van der Waals surface area contributed by atoms with Crippen molar-refractivity contribution < 1.29 is 24.2 Å². The maximum absolute atomic E-state index is 14.0. The van der Waals surface area contributed by atoms with Crippen LogP contribution in [-0.2, 0) is 33.9 Å². The molecule has 1 amide bonds. The monoisotopic (exact) mass is 519 g/mol. The molecule has 2 atom stereocenters. The van der Waals surface area contributed by atoms with Crippen molar-refractivity contribution in [1.82, 2.24) is 4.90 Å². The lowest BCUT2D eigenvalue weighted by atomic mass is 9.92. The third-order valence-electron chi connectivity index (χ3n) is 7.18. The summed E-state index contributed by atoms with van der Waals surface area (Å²) in [6.07, 6.45) is 3.19. The van der Waals surface area contributed by atoms with E-state index in [0.29, 0.717) is 17.4 Å². The molecule has 192 valence electrons. The van der Waals surface area contributed by atoms with Crippen LogP contribution in [0.3, 0.4) is 0 Å². The summed E-state index contributed by atoms with van der Waals surface area (Å²) in [5.74, 6) is -0.929. The largest absolute Gasteiger partial charge is 0.487 e. The Kier molecular flexibility index (Phi) is 7.77. The number of ether oxygens (including phenoxy) is 2. The van der Waals surface area contributed by atoms with Gasteiger partial charge in [0.25, 0.3) is 5.91 Å². The number of carboxylic acids is 1. The fourth-order valence-corrected chi connectivity index (χ4v) is 5.45. The Bertz CT molecular complexity index is 1240. The molecule has 5 rings (SSSR count). The van der Waals surface area contributed by atoms with E-state index in [2.05, 4.69) is 0 Å². The predicted molar refractivity (Wildman–Crippen MR) is 140 cm³/mol. The number of benzene rings is 3. The van der Waals surface area contributed by atoms with E-state index in [-0.39, 0.29) is 25.0 Å². The minimum Gasteiger partial charge on any atom is -0.487 e. The Hall–Kier alpha value is -3.35. The predicted octanol–water partition coefficient (Wildman–Crippen LogP) is 5.96. The number of hydrogen-bond donors (Lipinski definition) is 1. The van der Waals surface area contributed by atoms with Crippen LogP contribution in [0.15, 0.2) is 72.8 Å². The molecule has 3 aromatic carbocycles. The number of amides is 1. The van der Waals surface area contributed by atoms with Crippen LogP contribution in [0, 0.1) is 0 Å². The minimum atomic E-state index is -1.07. The summed E-state index contributed by atoms with van der Waals surface area (Å²) in [5.41, 5.74) is 3.27. The van der Waals surface area contributed by atoms with Crippen molar-refractivity contribution in [2.75, 3.05) is 0 Å². The third kappa shape index (κ3) is 5.65. The maximum Gasteiger partial charge on any atom is 0.326 e. The van der Waals surface area contributed by atoms with E-state index < -0.39 is 18.1 Å². The molecule has 3 aromatic rings. The molecule has 1 aliphatic heterocycles. The second-order valence-corrected chi connectivity index (χ2v) is 10.1. The van der Waals surface area contributed by atoms with Crippen molar-refractivity contribution in [3.05, 3.63) is 100 Å². The van der Waals surface area contributed by atoms with Crippen molar-refractivity contribution in [2.24, 2.45) is 0 Å². The SMILES string of the molecule is O=C(O)C1Cc2c(ccc(Cl)c2OCc2ccccc2)CN1C(=O)[C@@H](OC1CCCC1)c1ccccc1. The molecule has 2 aliphatic rings. The van der Waals surface area contributed by atoms with Crippen molar-refractivity contribution in [2.45, 2.75) is 63.5 Å². The zero-order valence-electron chi connectivity index (χ0n) is 20.5. The van der Waals surface area contributed by atoms with Gasteiger partial charge < -0.3 is 19.5 Å². The number of nitrogens with zero attached hydrogens (tertiary/aromatic N) is 1. The lowest BCUT2D eigenvalue weighted by molar-refractivity contribution is -0.160. The van der Waals surface area contributed by atoms with Gasteiger partial charge in [0.15, 0.2) is 6.10 Å². The number of halogens is 1. The smallest absolute Gasteiger partial charge is 0.326 e.